The van der Waals surface area contributed by atoms with Crippen molar-refractivity contribution in [2.45, 2.75) is 19.5 Å². The SMILES string of the molecule is Cc1c(CC(=O)O)c2cc(O)c(F)cc2n1C(=O)c1ccc(C(F)(F)F)s1. The Morgan fingerprint density at radius 1 is 1.22 bits per heavy atom. The molecular weight excluding hydrogens is 390 g/mol. The summed E-state index contributed by atoms with van der Waals surface area (Å²) in [6, 6.07) is 3.62. The van der Waals surface area contributed by atoms with Crippen molar-refractivity contribution >= 4 is 34.1 Å². The first kappa shape index (κ1) is 18.9. The van der Waals surface area contributed by atoms with Gasteiger partial charge in [-0.3, -0.25) is 14.2 Å². The van der Waals surface area contributed by atoms with Gasteiger partial charge >= 0.3 is 12.1 Å². The van der Waals surface area contributed by atoms with Gasteiger partial charge in [-0.1, -0.05) is 0 Å². The number of carbonyl (C=O) groups is 2. The molecule has 0 amide bonds. The van der Waals surface area contributed by atoms with Gasteiger partial charge in [0.25, 0.3) is 5.91 Å². The molecule has 0 fully saturated rings. The molecule has 0 atom stereocenters. The number of hydrogen-bond acceptors (Lipinski definition) is 4. The molecule has 10 heteroatoms. The highest BCUT2D eigenvalue weighted by molar-refractivity contribution is 7.14. The summed E-state index contributed by atoms with van der Waals surface area (Å²) in [7, 11) is 0. The van der Waals surface area contributed by atoms with Crippen LogP contribution in [-0.4, -0.2) is 26.7 Å². The first-order chi connectivity index (χ1) is 12.5. The van der Waals surface area contributed by atoms with Crippen molar-refractivity contribution in [2.24, 2.45) is 0 Å². The highest BCUT2D eigenvalue weighted by Gasteiger charge is 2.33. The standard InChI is InChI=1S/C17H11F4NO4S/c1-7-8(5-15(24)25)9-4-12(23)10(18)6-11(9)22(7)16(26)13-2-3-14(27-13)17(19,20)21/h2-4,6,23H,5H2,1H3,(H,24,25). The topological polar surface area (TPSA) is 79.5 Å². The second-order valence-corrected chi connectivity index (χ2v) is 6.84. The Kier molecular flexibility index (Phi) is 4.46. The van der Waals surface area contributed by atoms with Crippen molar-refractivity contribution in [1.29, 1.82) is 0 Å². The number of carboxylic acid groups (broad SMARTS) is 1. The average molecular weight is 401 g/mol. The fraction of sp³-hybridized carbons (Fsp3) is 0.176. The highest BCUT2D eigenvalue weighted by Crippen LogP contribution is 2.36. The highest BCUT2D eigenvalue weighted by atomic mass is 32.1. The molecule has 27 heavy (non-hydrogen) atoms. The van der Waals surface area contributed by atoms with Crippen molar-refractivity contribution < 1.29 is 37.4 Å². The quantitative estimate of drug-likeness (QED) is 0.645. The van der Waals surface area contributed by atoms with Gasteiger partial charge in [0.2, 0.25) is 0 Å². The maximum Gasteiger partial charge on any atom is 0.425 e. The van der Waals surface area contributed by atoms with E-state index in [1.165, 1.54) is 6.92 Å². The summed E-state index contributed by atoms with van der Waals surface area (Å²) in [6.07, 6.45) is -5.12. The smallest absolute Gasteiger partial charge is 0.425 e. The number of fused-ring (bicyclic) bond motifs is 1. The van der Waals surface area contributed by atoms with Gasteiger partial charge in [-0.2, -0.15) is 13.2 Å². The number of nitrogens with zero attached hydrogens (tertiary/aromatic N) is 1. The molecule has 142 valence electrons. The minimum Gasteiger partial charge on any atom is -0.505 e. The Morgan fingerprint density at radius 3 is 2.44 bits per heavy atom. The number of alkyl halides is 3. The summed E-state index contributed by atoms with van der Waals surface area (Å²) in [6.45, 7) is 1.41. The predicted octanol–water partition coefficient (Wildman–Crippen LogP) is 4.19. The minimum absolute atomic E-state index is 0.0361. The first-order valence-electron chi connectivity index (χ1n) is 7.46. The molecule has 5 nitrogen and oxygen atoms in total. The van der Waals surface area contributed by atoms with Crippen LogP contribution in [0.5, 0.6) is 5.75 Å². The minimum atomic E-state index is -4.61. The van der Waals surface area contributed by atoms with E-state index >= 15 is 0 Å². The lowest BCUT2D eigenvalue weighted by Crippen LogP contribution is -2.13. The zero-order chi connectivity index (χ0) is 20.1. The van der Waals surface area contributed by atoms with E-state index in [0.717, 1.165) is 28.8 Å². The zero-order valence-electron chi connectivity index (χ0n) is 13.6. The fourth-order valence-electron chi connectivity index (χ4n) is 2.84. The monoisotopic (exact) mass is 401 g/mol. The molecule has 0 bridgehead atoms. The summed E-state index contributed by atoms with van der Waals surface area (Å²) in [5, 5.41) is 18.8. The maximum atomic E-state index is 13.8. The third kappa shape index (κ3) is 3.27. The van der Waals surface area contributed by atoms with E-state index in [2.05, 4.69) is 0 Å². The van der Waals surface area contributed by atoms with Crippen LogP contribution in [0.2, 0.25) is 0 Å². The van der Waals surface area contributed by atoms with Gasteiger partial charge < -0.3 is 10.2 Å². The second kappa shape index (κ2) is 6.38. The molecule has 0 aliphatic carbocycles. The molecule has 0 aliphatic heterocycles. The average Bonchev–Trinajstić information content (AvgIpc) is 3.13. The van der Waals surface area contributed by atoms with Crippen LogP contribution >= 0.6 is 11.3 Å². The number of carboxylic acids is 1. The van der Waals surface area contributed by atoms with Crippen LogP contribution in [-0.2, 0) is 17.4 Å². The maximum absolute atomic E-state index is 13.8. The molecule has 0 saturated heterocycles. The van der Waals surface area contributed by atoms with E-state index < -0.39 is 40.9 Å². The molecule has 0 radical (unpaired) electrons. The van der Waals surface area contributed by atoms with Crippen LogP contribution in [0.3, 0.4) is 0 Å². The van der Waals surface area contributed by atoms with Crippen molar-refractivity contribution in [3.8, 4) is 5.75 Å². The number of aromatic hydroxyl groups is 1. The third-order valence-corrected chi connectivity index (χ3v) is 5.15. The number of benzene rings is 1. The molecule has 1 aromatic carbocycles. The number of hydrogen-bond donors (Lipinski definition) is 2. The van der Waals surface area contributed by atoms with Crippen LogP contribution in [0, 0.1) is 12.7 Å². The van der Waals surface area contributed by atoms with Gasteiger partial charge in [0.05, 0.1) is 16.8 Å². The third-order valence-electron chi connectivity index (χ3n) is 4.03. The van der Waals surface area contributed by atoms with E-state index in [1.807, 2.05) is 0 Å². The van der Waals surface area contributed by atoms with Gasteiger partial charge in [-0.05, 0) is 30.7 Å². The molecule has 0 aliphatic rings. The van der Waals surface area contributed by atoms with E-state index in [-0.39, 0.29) is 38.4 Å². The van der Waals surface area contributed by atoms with Crippen LogP contribution in [0.1, 0.15) is 25.8 Å². The number of thiophene rings is 1. The number of phenols is 1. The second-order valence-electron chi connectivity index (χ2n) is 5.76. The van der Waals surface area contributed by atoms with E-state index in [9.17, 15) is 32.3 Å². The van der Waals surface area contributed by atoms with Gasteiger partial charge in [0.1, 0.15) is 4.88 Å². The van der Waals surface area contributed by atoms with Gasteiger partial charge in [0, 0.05) is 17.1 Å². The summed E-state index contributed by atoms with van der Waals surface area (Å²) < 4.78 is 53.2. The summed E-state index contributed by atoms with van der Waals surface area (Å²) in [5.41, 5.74) is 0.268. The van der Waals surface area contributed by atoms with Crippen molar-refractivity contribution in [1.82, 2.24) is 4.57 Å². The Labute approximate surface area is 153 Å². The molecule has 2 N–H and O–H groups in total. The Bertz CT molecular complexity index is 1080. The van der Waals surface area contributed by atoms with E-state index in [4.69, 9.17) is 5.11 Å². The summed E-state index contributed by atoms with van der Waals surface area (Å²) in [4.78, 5) is 22.7. The predicted molar refractivity (Wildman–Crippen MR) is 88.7 cm³/mol. The molecule has 0 unspecified atom stereocenters. The molecular formula is C17H11F4NO4S. The number of aliphatic carboxylic acids is 1. The lowest BCUT2D eigenvalue weighted by atomic mass is 10.1. The molecule has 3 aromatic rings. The van der Waals surface area contributed by atoms with Crippen molar-refractivity contribution in [3.05, 3.63) is 51.1 Å². The Balaban J connectivity index is 2.22. The van der Waals surface area contributed by atoms with E-state index in [1.54, 1.807) is 0 Å². The number of aromatic nitrogens is 1. The van der Waals surface area contributed by atoms with Crippen LogP contribution in [0.25, 0.3) is 10.9 Å². The van der Waals surface area contributed by atoms with Crippen LogP contribution in [0.4, 0.5) is 17.6 Å². The van der Waals surface area contributed by atoms with Crippen molar-refractivity contribution in [3.63, 3.8) is 0 Å². The number of halogens is 4. The lowest BCUT2D eigenvalue weighted by Gasteiger charge is -2.06. The van der Waals surface area contributed by atoms with Gasteiger partial charge in [-0.15, -0.1) is 11.3 Å². The normalized spacial score (nSPS) is 11.9. The van der Waals surface area contributed by atoms with Crippen molar-refractivity contribution in [2.75, 3.05) is 0 Å². The Hall–Kier alpha value is -2.88. The number of phenolic OH excluding ortho intramolecular Hbond substituents is 1. The molecule has 2 heterocycles. The molecule has 0 saturated carbocycles. The molecule has 2 aromatic heterocycles. The molecule has 0 spiro atoms. The van der Waals surface area contributed by atoms with Crippen LogP contribution in [0.15, 0.2) is 24.3 Å². The number of rotatable bonds is 3. The van der Waals surface area contributed by atoms with Gasteiger partial charge in [-0.25, -0.2) is 4.39 Å². The zero-order valence-corrected chi connectivity index (χ0v) is 14.4. The summed E-state index contributed by atoms with van der Waals surface area (Å²) in [5.74, 6) is -3.84. The van der Waals surface area contributed by atoms with Crippen LogP contribution < -0.4 is 0 Å². The lowest BCUT2D eigenvalue weighted by molar-refractivity contribution is -0.136. The first-order valence-corrected chi connectivity index (χ1v) is 8.28. The van der Waals surface area contributed by atoms with Gasteiger partial charge in [0.15, 0.2) is 11.6 Å². The summed E-state index contributed by atoms with van der Waals surface area (Å²) >= 11 is 0.236. The van der Waals surface area contributed by atoms with E-state index in [0.29, 0.717) is 0 Å². The Morgan fingerprint density at radius 2 is 1.89 bits per heavy atom. The molecule has 3 rings (SSSR count). The fourth-order valence-corrected chi connectivity index (χ4v) is 3.64. The largest absolute Gasteiger partial charge is 0.505 e. The number of carbonyl (C=O) groups excluding carboxylic acids is 1.